The van der Waals surface area contributed by atoms with Gasteiger partial charge in [0, 0.05) is 28.3 Å². The Balaban J connectivity index is 1.63. The minimum atomic E-state index is 0.0338. The minimum absolute atomic E-state index is 0.0338. The summed E-state index contributed by atoms with van der Waals surface area (Å²) in [4.78, 5) is 15.8. The van der Waals surface area contributed by atoms with Crippen molar-refractivity contribution in [2.45, 2.75) is 30.0 Å². The molecule has 0 aromatic heterocycles. The van der Waals surface area contributed by atoms with Gasteiger partial charge in [0.15, 0.2) is 0 Å². The maximum atomic E-state index is 12.4. The van der Waals surface area contributed by atoms with Crippen LogP contribution in [0.1, 0.15) is 18.9 Å². The largest absolute Gasteiger partial charge is 0.360 e. The van der Waals surface area contributed by atoms with Crippen LogP contribution in [-0.2, 0) is 11.3 Å². The molecule has 0 saturated heterocycles. The number of amides is 1. The first-order valence-electron chi connectivity index (χ1n) is 8.17. The summed E-state index contributed by atoms with van der Waals surface area (Å²) in [6.45, 7) is 3.99. The Bertz CT molecular complexity index is 722. The molecule has 0 bridgehead atoms. The van der Waals surface area contributed by atoms with E-state index in [2.05, 4.69) is 35.3 Å². The van der Waals surface area contributed by atoms with Crippen LogP contribution in [0.2, 0.25) is 5.02 Å². The molecule has 0 saturated carbocycles. The van der Waals surface area contributed by atoms with Gasteiger partial charge in [-0.3, -0.25) is 4.79 Å². The number of carbonyl (C=O) groups is 1. The first-order valence-corrected chi connectivity index (χ1v) is 9.43. The lowest BCUT2D eigenvalue weighted by molar-refractivity contribution is -0.119. The van der Waals surface area contributed by atoms with Gasteiger partial charge < -0.3 is 10.2 Å². The molecule has 3 nitrogen and oxygen atoms in total. The van der Waals surface area contributed by atoms with Gasteiger partial charge in [0.05, 0.1) is 12.2 Å². The molecule has 3 rings (SSSR count). The van der Waals surface area contributed by atoms with Gasteiger partial charge in [-0.2, -0.15) is 0 Å². The topological polar surface area (TPSA) is 32.3 Å². The van der Waals surface area contributed by atoms with Crippen molar-refractivity contribution in [3.63, 3.8) is 0 Å². The number of thioether (sulfide) groups is 1. The highest BCUT2D eigenvalue weighted by molar-refractivity contribution is 8.00. The molecule has 0 unspecified atom stereocenters. The Morgan fingerprint density at radius 1 is 1.29 bits per heavy atom. The number of halogens is 1. The zero-order chi connectivity index (χ0) is 16.9. The van der Waals surface area contributed by atoms with Gasteiger partial charge in [0.1, 0.15) is 0 Å². The highest BCUT2D eigenvalue weighted by Crippen LogP contribution is 2.39. The van der Waals surface area contributed by atoms with E-state index in [0.717, 1.165) is 24.2 Å². The normalized spacial score (nSPS) is 16.6. The molecular formula is C19H21ClN2OS. The van der Waals surface area contributed by atoms with E-state index in [0.29, 0.717) is 23.4 Å². The van der Waals surface area contributed by atoms with Crippen LogP contribution in [-0.4, -0.2) is 24.2 Å². The molecule has 0 radical (unpaired) electrons. The molecule has 1 atom stereocenters. The van der Waals surface area contributed by atoms with E-state index in [4.69, 9.17) is 11.6 Å². The second-order valence-electron chi connectivity index (χ2n) is 5.90. The molecule has 0 aliphatic carbocycles. The van der Waals surface area contributed by atoms with Crippen molar-refractivity contribution in [1.82, 2.24) is 5.32 Å². The third-order valence-corrected chi connectivity index (χ3v) is 5.74. The summed E-state index contributed by atoms with van der Waals surface area (Å²) >= 11 is 7.89. The third kappa shape index (κ3) is 4.25. The molecule has 1 amide bonds. The van der Waals surface area contributed by atoms with E-state index in [1.807, 2.05) is 42.1 Å². The maximum Gasteiger partial charge on any atom is 0.239 e. The summed E-state index contributed by atoms with van der Waals surface area (Å²) in [5.41, 5.74) is 2.17. The van der Waals surface area contributed by atoms with Gasteiger partial charge in [-0.25, -0.2) is 0 Å². The number of anilines is 1. The van der Waals surface area contributed by atoms with Crippen molar-refractivity contribution < 1.29 is 4.79 Å². The van der Waals surface area contributed by atoms with E-state index < -0.39 is 0 Å². The molecule has 1 N–H and O–H groups in total. The van der Waals surface area contributed by atoms with Gasteiger partial charge in [-0.05, 0) is 36.2 Å². The van der Waals surface area contributed by atoms with Crippen LogP contribution in [0.3, 0.4) is 0 Å². The molecule has 1 heterocycles. The standard InChI is InChI=1S/C19H21ClN2OS/c1-2-16-12-22(17-8-3-4-9-18(17)24-16)13-19(23)21-11-14-6-5-7-15(20)10-14/h3-10,16H,2,11-13H2,1H3,(H,21,23)/t16-/m1/s1. The van der Waals surface area contributed by atoms with Gasteiger partial charge in [0.2, 0.25) is 5.91 Å². The Kier molecular flexibility index (Phi) is 5.69. The molecule has 1 aliphatic rings. The molecule has 0 spiro atoms. The van der Waals surface area contributed by atoms with Crippen LogP contribution >= 0.6 is 23.4 Å². The summed E-state index contributed by atoms with van der Waals surface area (Å²) in [5, 5.41) is 4.21. The molecule has 5 heteroatoms. The number of carbonyl (C=O) groups excluding carboxylic acids is 1. The fourth-order valence-electron chi connectivity index (χ4n) is 2.82. The molecule has 1 aliphatic heterocycles. The second-order valence-corrected chi connectivity index (χ2v) is 7.68. The van der Waals surface area contributed by atoms with Crippen molar-refractivity contribution in [3.05, 3.63) is 59.1 Å². The summed E-state index contributed by atoms with van der Waals surface area (Å²) in [6, 6.07) is 15.9. The summed E-state index contributed by atoms with van der Waals surface area (Å²) in [6.07, 6.45) is 1.10. The van der Waals surface area contributed by atoms with Crippen LogP contribution in [0.25, 0.3) is 0 Å². The fourth-order valence-corrected chi connectivity index (χ4v) is 4.29. The number of para-hydroxylation sites is 1. The van der Waals surface area contributed by atoms with Crippen molar-refractivity contribution in [3.8, 4) is 0 Å². The number of nitrogens with zero attached hydrogens (tertiary/aromatic N) is 1. The van der Waals surface area contributed by atoms with Crippen LogP contribution in [0.5, 0.6) is 0 Å². The molecule has 2 aromatic rings. The van der Waals surface area contributed by atoms with Crippen molar-refractivity contribution in [1.29, 1.82) is 0 Å². The average Bonchev–Trinajstić information content (AvgIpc) is 2.60. The molecule has 2 aromatic carbocycles. The lowest BCUT2D eigenvalue weighted by Gasteiger charge is -2.34. The lowest BCUT2D eigenvalue weighted by atomic mass is 10.2. The Morgan fingerprint density at radius 3 is 2.92 bits per heavy atom. The predicted octanol–water partition coefficient (Wildman–Crippen LogP) is 4.35. The van der Waals surface area contributed by atoms with E-state index in [1.165, 1.54) is 4.90 Å². The predicted molar refractivity (Wildman–Crippen MR) is 102 cm³/mol. The SMILES string of the molecule is CC[C@@H]1CN(CC(=O)NCc2cccc(Cl)c2)c2ccccc2S1. The first-order chi connectivity index (χ1) is 11.7. The quantitative estimate of drug-likeness (QED) is 0.860. The number of benzene rings is 2. The van der Waals surface area contributed by atoms with Crippen molar-refractivity contribution in [2.75, 3.05) is 18.0 Å². The number of hydrogen-bond acceptors (Lipinski definition) is 3. The second kappa shape index (κ2) is 7.95. The zero-order valence-corrected chi connectivity index (χ0v) is 15.2. The summed E-state index contributed by atoms with van der Waals surface area (Å²) < 4.78 is 0. The average molecular weight is 361 g/mol. The highest BCUT2D eigenvalue weighted by Gasteiger charge is 2.25. The summed E-state index contributed by atoms with van der Waals surface area (Å²) in [5.74, 6) is 0.0338. The molecule has 0 fully saturated rings. The Hall–Kier alpha value is -1.65. The van der Waals surface area contributed by atoms with Gasteiger partial charge in [-0.15, -0.1) is 11.8 Å². The van der Waals surface area contributed by atoms with Crippen LogP contribution in [0.4, 0.5) is 5.69 Å². The minimum Gasteiger partial charge on any atom is -0.360 e. The lowest BCUT2D eigenvalue weighted by Crippen LogP contribution is -2.42. The number of nitrogens with one attached hydrogen (secondary N) is 1. The molecule has 24 heavy (non-hydrogen) atoms. The van der Waals surface area contributed by atoms with Gasteiger partial charge in [0.25, 0.3) is 0 Å². The Labute approximate surface area is 152 Å². The highest BCUT2D eigenvalue weighted by atomic mass is 35.5. The summed E-state index contributed by atoms with van der Waals surface area (Å²) in [7, 11) is 0. The maximum absolute atomic E-state index is 12.4. The van der Waals surface area contributed by atoms with E-state index >= 15 is 0 Å². The Morgan fingerprint density at radius 2 is 2.12 bits per heavy atom. The van der Waals surface area contributed by atoms with Crippen molar-refractivity contribution in [2.24, 2.45) is 0 Å². The van der Waals surface area contributed by atoms with E-state index in [9.17, 15) is 4.79 Å². The third-order valence-electron chi connectivity index (χ3n) is 4.09. The van der Waals surface area contributed by atoms with Crippen LogP contribution < -0.4 is 10.2 Å². The molecule has 126 valence electrons. The monoisotopic (exact) mass is 360 g/mol. The van der Waals surface area contributed by atoms with Crippen LogP contribution in [0.15, 0.2) is 53.4 Å². The fraction of sp³-hybridized carbons (Fsp3) is 0.316. The number of hydrogen-bond donors (Lipinski definition) is 1. The van der Waals surface area contributed by atoms with Crippen LogP contribution in [0, 0.1) is 0 Å². The molecular weight excluding hydrogens is 340 g/mol. The van der Waals surface area contributed by atoms with E-state index in [1.54, 1.807) is 0 Å². The number of fused-ring (bicyclic) bond motifs is 1. The smallest absolute Gasteiger partial charge is 0.239 e. The van der Waals surface area contributed by atoms with Gasteiger partial charge >= 0.3 is 0 Å². The van der Waals surface area contributed by atoms with Crippen molar-refractivity contribution >= 4 is 35.0 Å². The van der Waals surface area contributed by atoms with E-state index in [-0.39, 0.29) is 5.91 Å². The first kappa shape index (κ1) is 17.2. The number of rotatable bonds is 5. The van der Waals surface area contributed by atoms with Gasteiger partial charge in [-0.1, -0.05) is 42.8 Å². The zero-order valence-electron chi connectivity index (χ0n) is 13.7.